The van der Waals surface area contributed by atoms with Crippen LogP contribution in [0.4, 0.5) is 19.7 Å². The number of rotatable bonds is 3. The number of hydrogen-bond acceptors (Lipinski definition) is 2. The van der Waals surface area contributed by atoms with Crippen molar-refractivity contribution in [2.45, 2.75) is 6.54 Å². The highest BCUT2D eigenvalue weighted by Gasteiger charge is 2.19. The topological polar surface area (TPSA) is 75.4 Å². The molecule has 6 heteroatoms. The molecule has 0 aromatic heterocycles. The first-order valence-electron chi connectivity index (χ1n) is 6.23. The van der Waals surface area contributed by atoms with Gasteiger partial charge in [0, 0.05) is 5.69 Å². The van der Waals surface area contributed by atoms with E-state index in [4.69, 9.17) is 5.73 Å². The fourth-order valence-electron chi connectivity index (χ4n) is 1.74. The minimum atomic E-state index is -0.863. The van der Waals surface area contributed by atoms with Crippen LogP contribution in [0.2, 0.25) is 0 Å². The van der Waals surface area contributed by atoms with Gasteiger partial charge in [-0.2, -0.15) is 0 Å². The average molecular weight is 287 g/mol. The van der Waals surface area contributed by atoms with Gasteiger partial charge in [0.05, 0.1) is 6.54 Å². The number of primary amides is 1. The number of carbonyl (C=O) groups is 2. The van der Waals surface area contributed by atoms with Gasteiger partial charge in [-0.25, -0.2) is 18.9 Å². The van der Waals surface area contributed by atoms with Crippen LogP contribution in [0.15, 0.2) is 54.6 Å². The van der Waals surface area contributed by atoms with Crippen molar-refractivity contribution in [1.82, 2.24) is 4.90 Å². The van der Waals surface area contributed by atoms with E-state index in [1.807, 2.05) is 6.07 Å². The van der Waals surface area contributed by atoms with Crippen LogP contribution >= 0.6 is 0 Å². The van der Waals surface area contributed by atoms with E-state index < -0.39 is 17.9 Å². The number of nitrogens with zero attached hydrogens (tertiary/aromatic N) is 1. The molecule has 2 aromatic carbocycles. The van der Waals surface area contributed by atoms with Crippen LogP contribution in [0.1, 0.15) is 5.56 Å². The van der Waals surface area contributed by atoms with Crippen LogP contribution in [0.5, 0.6) is 0 Å². The van der Waals surface area contributed by atoms with Gasteiger partial charge >= 0.3 is 12.1 Å². The summed E-state index contributed by atoms with van der Waals surface area (Å²) >= 11 is 0. The highest BCUT2D eigenvalue weighted by Crippen LogP contribution is 2.11. The zero-order valence-electron chi connectivity index (χ0n) is 11.1. The fourth-order valence-corrected chi connectivity index (χ4v) is 1.74. The number of imide groups is 1. The monoisotopic (exact) mass is 287 g/mol. The minimum Gasteiger partial charge on any atom is -0.351 e. The summed E-state index contributed by atoms with van der Waals surface area (Å²) in [5.74, 6) is -0.413. The van der Waals surface area contributed by atoms with Crippen LogP contribution < -0.4 is 11.1 Å². The van der Waals surface area contributed by atoms with Gasteiger partial charge in [0.15, 0.2) is 0 Å². The number of anilines is 1. The van der Waals surface area contributed by atoms with E-state index >= 15 is 0 Å². The Labute approximate surface area is 121 Å². The SMILES string of the molecule is NC(=O)N(Cc1ccccc1)C(=O)Nc1ccc(F)cc1. The fraction of sp³-hybridized carbons (Fsp3) is 0.0667. The molecule has 0 saturated heterocycles. The van der Waals surface area contributed by atoms with Gasteiger partial charge in [0.1, 0.15) is 5.82 Å². The second kappa shape index (κ2) is 6.51. The Morgan fingerprint density at radius 1 is 1.05 bits per heavy atom. The molecule has 0 aliphatic rings. The third-order valence-electron chi connectivity index (χ3n) is 2.79. The smallest absolute Gasteiger partial charge is 0.330 e. The number of nitrogens with two attached hydrogens (primary N) is 1. The molecule has 0 aliphatic heterocycles. The Hall–Kier alpha value is -2.89. The first-order valence-corrected chi connectivity index (χ1v) is 6.23. The van der Waals surface area contributed by atoms with Crippen molar-refractivity contribution in [2.75, 3.05) is 5.32 Å². The lowest BCUT2D eigenvalue weighted by molar-refractivity contribution is 0.198. The average Bonchev–Trinajstić information content (AvgIpc) is 2.48. The van der Waals surface area contributed by atoms with Crippen LogP contribution in [-0.4, -0.2) is 17.0 Å². The zero-order chi connectivity index (χ0) is 15.2. The van der Waals surface area contributed by atoms with Gasteiger partial charge in [-0.15, -0.1) is 0 Å². The van der Waals surface area contributed by atoms with Gasteiger partial charge in [0.2, 0.25) is 0 Å². The molecule has 108 valence electrons. The molecular formula is C15H14FN3O2. The van der Waals surface area contributed by atoms with E-state index in [1.54, 1.807) is 24.3 Å². The van der Waals surface area contributed by atoms with Crippen LogP contribution in [0.3, 0.4) is 0 Å². The van der Waals surface area contributed by atoms with Gasteiger partial charge in [-0.1, -0.05) is 30.3 Å². The second-order valence-electron chi connectivity index (χ2n) is 4.35. The molecule has 0 radical (unpaired) electrons. The van der Waals surface area contributed by atoms with Gasteiger partial charge in [0.25, 0.3) is 0 Å². The highest BCUT2D eigenvalue weighted by atomic mass is 19.1. The van der Waals surface area contributed by atoms with Crippen LogP contribution in [-0.2, 0) is 6.54 Å². The molecule has 3 N–H and O–H groups in total. The van der Waals surface area contributed by atoms with Crippen molar-refractivity contribution in [1.29, 1.82) is 0 Å². The molecule has 2 aromatic rings. The van der Waals surface area contributed by atoms with Crippen molar-refractivity contribution in [2.24, 2.45) is 5.73 Å². The van der Waals surface area contributed by atoms with E-state index in [9.17, 15) is 14.0 Å². The maximum absolute atomic E-state index is 12.8. The summed E-state index contributed by atoms with van der Waals surface area (Å²) in [7, 11) is 0. The van der Waals surface area contributed by atoms with Gasteiger partial charge < -0.3 is 11.1 Å². The largest absolute Gasteiger partial charge is 0.351 e. The Bertz CT molecular complexity index is 629. The Morgan fingerprint density at radius 2 is 1.67 bits per heavy atom. The summed E-state index contributed by atoms with van der Waals surface area (Å²) < 4.78 is 12.8. The molecular weight excluding hydrogens is 273 g/mol. The third kappa shape index (κ3) is 4.04. The van der Waals surface area contributed by atoms with Crippen molar-refractivity contribution in [3.8, 4) is 0 Å². The molecule has 0 fully saturated rings. The molecule has 0 spiro atoms. The molecule has 0 aliphatic carbocycles. The molecule has 0 atom stereocenters. The lowest BCUT2D eigenvalue weighted by Crippen LogP contribution is -2.42. The minimum absolute atomic E-state index is 0.0587. The number of amides is 4. The summed E-state index contributed by atoms with van der Waals surface area (Å²) in [5, 5.41) is 2.49. The van der Waals surface area contributed by atoms with E-state index in [0.717, 1.165) is 10.5 Å². The number of benzene rings is 2. The van der Waals surface area contributed by atoms with Crippen molar-refractivity contribution < 1.29 is 14.0 Å². The van der Waals surface area contributed by atoms with E-state index in [2.05, 4.69) is 5.32 Å². The van der Waals surface area contributed by atoms with Crippen molar-refractivity contribution in [3.05, 3.63) is 66.0 Å². The number of nitrogens with one attached hydrogen (secondary N) is 1. The number of halogens is 1. The summed E-state index contributed by atoms with van der Waals surface area (Å²) in [5.41, 5.74) is 6.37. The zero-order valence-corrected chi connectivity index (χ0v) is 11.1. The second-order valence-corrected chi connectivity index (χ2v) is 4.35. The third-order valence-corrected chi connectivity index (χ3v) is 2.79. The maximum Gasteiger partial charge on any atom is 0.330 e. The Balaban J connectivity index is 2.09. The van der Waals surface area contributed by atoms with Crippen LogP contribution in [0, 0.1) is 5.82 Å². The van der Waals surface area contributed by atoms with Crippen LogP contribution in [0.25, 0.3) is 0 Å². The van der Waals surface area contributed by atoms with E-state index in [0.29, 0.717) is 5.69 Å². The van der Waals surface area contributed by atoms with Crippen molar-refractivity contribution >= 4 is 17.7 Å². The maximum atomic E-state index is 12.8. The molecule has 21 heavy (non-hydrogen) atoms. The summed E-state index contributed by atoms with van der Waals surface area (Å²) in [6.07, 6.45) is 0. The molecule has 4 amide bonds. The van der Waals surface area contributed by atoms with Gasteiger partial charge in [-0.3, -0.25) is 0 Å². The first kappa shape index (κ1) is 14.5. The number of urea groups is 2. The highest BCUT2D eigenvalue weighted by molar-refractivity contribution is 6.00. The Morgan fingerprint density at radius 3 is 2.24 bits per heavy atom. The summed E-state index contributed by atoms with van der Waals surface area (Å²) in [6.45, 7) is 0.0587. The lowest BCUT2D eigenvalue weighted by Gasteiger charge is -2.19. The molecule has 0 saturated carbocycles. The van der Waals surface area contributed by atoms with Crippen molar-refractivity contribution in [3.63, 3.8) is 0 Å². The molecule has 5 nitrogen and oxygen atoms in total. The van der Waals surface area contributed by atoms with E-state index in [1.165, 1.54) is 24.3 Å². The molecule has 0 heterocycles. The number of carbonyl (C=O) groups excluding carboxylic acids is 2. The Kier molecular flexibility index (Phi) is 4.50. The predicted octanol–water partition coefficient (Wildman–Crippen LogP) is 2.94. The molecule has 2 rings (SSSR count). The standard InChI is InChI=1S/C15H14FN3O2/c16-12-6-8-13(9-7-12)18-15(21)19(14(17)20)10-11-4-2-1-3-5-11/h1-9H,10H2,(H2,17,20)(H,18,21). The molecule has 0 unspecified atom stereocenters. The lowest BCUT2D eigenvalue weighted by atomic mass is 10.2. The summed E-state index contributed by atoms with van der Waals surface area (Å²) in [6, 6.07) is 12.7. The van der Waals surface area contributed by atoms with E-state index in [-0.39, 0.29) is 6.54 Å². The number of hydrogen-bond donors (Lipinski definition) is 2. The quantitative estimate of drug-likeness (QED) is 0.910. The summed E-state index contributed by atoms with van der Waals surface area (Å²) in [4.78, 5) is 24.4. The van der Waals surface area contributed by atoms with Gasteiger partial charge in [-0.05, 0) is 29.8 Å². The molecule has 0 bridgehead atoms. The predicted molar refractivity (Wildman–Crippen MR) is 77.0 cm³/mol. The first-order chi connectivity index (χ1) is 10.1. The normalized spacial score (nSPS) is 9.95.